The van der Waals surface area contributed by atoms with Crippen molar-refractivity contribution in [2.24, 2.45) is 0 Å². The van der Waals surface area contributed by atoms with Gasteiger partial charge >= 0.3 is 0 Å². The summed E-state index contributed by atoms with van der Waals surface area (Å²) in [4.78, 5) is 27.7. The van der Waals surface area contributed by atoms with E-state index in [1.54, 1.807) is 43.4 Å². The van der Waals surface area contributed by atoms with Crippen LogP contribution in [0.1, 0.15) is 6.92 Å². The second-order valence-corrected chi connectivity index (χ2v) is 8.21. The first kappa shape index (κ1) is 24.8. The van der Waals surface area contributed by atoms with Crippen molar-refractivity contribution in [3.8, 4) is 28.5 Å². The molecule has 1 aliphatic heterocycles. The summed E-state index contributed by atoms with van der Waals surface area (Å²) in [5, 5.41) is 11.5. The van der Waals surface area contributed by atoms with Crippen molar-refractivity contribution in [2.45, 2.75) is 6.92 Å². The van der Waals surface area contributed by atoms with Crippen LogP contribution in [0.25, 0.3) is 11.3 Å². The fourth-order valence-corrected chi connectivity index (χ4v) is 3.93. The third kappa shape index (κ3) is 6.01. The first-order chi connectivity index (χ1) is 17.5. The molecule has 1 aliphatic rings. The standard InChI is InChI=1S/C26H29N5O5/c1-18(32)27-20-5-4-6-21(16-20)36-17-26(33)31-13-11-30(12-14-31)25-10-8-22(28-29-25)19-7-9-23(34-2)24(15-19)35-3/h4-10,15-16H,11-14,17H2,1-3H3,(H,27,32). The quantitative estimate of drug-likeness (QED) is 0.513. The number of nitrogens with zero attached hydrogens (tertiary/aromatic N) is 4. The highest BCUT2D eigenvalue weighted by Gasteiger charge is 2.22. The minimum atomic E-state index is -0.165. The Kier molecular flexibility index (Phi) is 7.84. The zero-order valence-corrected chi connectivity index (χ0v) is 20.6. The Balaban J connectivity index is 1.29. The van der Waals surface area contributed by atoms with Gasteiger partial charge in [0.15, 0.2) is 23.9 Å². The van der Waals surface area contributed by atoms with Gasteiger partial charge < -0.3 is 29.3 Å². The third-order valence-corrected chi connectivity index (χ3v) is 5.80. The van der Waals surface area contributed by atoms with Crippen LogP contribution in [0.5, 0.6) is 17.2 Å². The lowest BCUT2D eigenvalue weighted by Crippen LogP contribution is -2.50. The van der Waals surface area contributed by atoms with Crippen molar-refractivity contribution in [1.29, 1.82) is 0 Å². The molecule has 188 valence electrons. The Morgan fingerprint density at radius 2 is 1.69 bits per heavy atom. The van der Waals surface area contributed by atoms with Crippen LogP contribution in [0.15, 0.2) is 54.6 Å². The van der Waals surface area contributed by atoms with Crippen LogP contribution in [0, 0.1) is 0 Å². The second-order valence-electron chi connectivity index (χ2n) is 8.21. The summed E-state index contributed by atoms with van der Waals surface area (Å²) in [6, 6.07) is 16.4. The predicted molar refractivity (Wildman–Crippen MR) is 136 cm³/mol. The number of hydrogen-bond donors (Lipinski definition) is 1. The van der Waals surface area contributed by atoms with E-state index in [9.17, 15) is 9.59 Å². The predicted octanol–water partition coefficient (Wildman–Crippen LogP) is 2.85. The number of piperazine rings is 1. The molecule has 0 bridgehead atoms. The number of ether oxygens (including phenoxy) is 3. The Hall–Kier alpha value is -4.34. The highest BCUT2D eigenvalue weighted by Crippen LogP contribution is 2.31. The van der Waals surface area contributed by atoms with Gasteiger partial charge in [-0.15, -0.1) is 10.2 Å². The van der Waals surface area contributed by atoms with E-state index in [0.29, 0.717) is 49.1 Å². The minimum Gasteiger partial charge on any atom is -0.493 e. The molecule has 3 aromatic rings. The van der Waals surface area contributed by atoms with Crippen LogP contribution in [-0.2, 0) is 9.59 Å². The maximum atomic E-state index is 12.6. The lowest BCUT2D eigenvalue weighted by atomic mass is 10.1. The molecule has 0 spiro atoms. The van der Waals surface area contributed by atoms with Crippen molar-refractivity contribution in [3.63, 3.8) is 0 Å². The number of carbonyl (C=O) groups is 2. The van der Waals surface area contributed by atoms with Gasteiger partial charge in [0.25, 0.3) is 5.91 Å². The third-order valence-electron chi connectivity index (χ3n) is 5.80. The molecule has 0 atom stereocenters. The lowest BCUT2D eigenvalue weighted by Gasteiger charge is -2.35. The monoisotopic (exact) mass is 491 g/mol. The minimum absolute atomic E-state index is 0.0661. The van der Waals surface area contributed by atoms with Crippen LogP contribution in [0.3, 0.4) is 0 Å². The summed E-state index contributed by atoms with van der Waals surface area (Å²) >= 11 is 0. The van der Waals surface area contributed by atoms with Gasteiger partial charge in [-0.05, 0) is 42.5 Å². The molecule has 1 aromatic heterocycles. The highest BCUT2D eigenvalue weighted by molar-refractivity contribution is 5.88. The van der Waals surface area contributed by atoms with Gasteiger partial charge in [-0.25, -0.2) is 0 Å². The molecule has 10 heteroatoms. The number of anilines is 2. The molecule has 36 heavy (non-hydrogen) atoms. The molecule has 10 nitrogen and oxygen atoms in total. The second kappa shape index (κ2) is 11.4. The Morgan fingerprint density at radius 3 is 2.36 bits per heavy atom. The Morgan fingerprint density at radius 1 is 0.917 bits per heavy atom. The van der Waals surface area contributed by atoms with E-state index in [0.717, 1.165) is 17.1 Å². The zero-order valence-electron chi connectivity index (χ0n) is 20.6. The average Bonchev–Trinajstić information content (AvgIpc) is 2.91. The SMILES string of the molecule is COc1ccc(-c2ccc(N3CCN(C(=O)COc4cccc(NC(C)=O)c4)CC3)nn2)cc1OC. The van der Waals surface area contributed by atoms with E-state index >= 15 is 0 Å². The van der Waals surface area contributed by atoms with Gasteiger partial charge in [-0.3, -0.25) is 9.59 Å². The normalized spacial score (nSPS) is 13.2. The largest absolute Gasteiger partial charge is 0.493 e. The zero-order chi connectivity index (χ0) is 25.5. The summed E-state index contributed by atoms with van der Waals surface area (Å²) < 4.78 is 16.3. The van der Waals surface area contributed by atoms with E-state index in [1.165, 1.54) is 6.92 Å². The molecule has 0 unspecified atom stereocenters. The van der Waals surface area contributed by atoms with Gasteiger partial charge in [0, 0.05) is 50.4 Å². The smallest absolute Gasteiger partial charge is 0.260 e. The van der Waals surface area contributed by atoms with Crippen LogP contribution in [-0.4, -0.2) is 73.9 Å². The lowest BCUT2D eigenvalue weighted by molar-refractivity contribution is -0.133. The fraction of sp³-hybridized carbons (Fsp3) is 0.308. The number of rotatable bonds is 8. The van der Waals surface area contributed by atoms with Gasteiger partial charge in [0.2, 0.25) is 5.91 Å². The topological polar surface area (TPSA) is 106 Å². The van der Waals surface area contributed by atoms with Crippen LogP contribution in [0.2, 0.25) is 0 Å². The van der Waals surface area contributed by atoms with E-state index < -0.39 is 0 Å². The average molecular weight is 492 g/mol. The molecular formula is C26H29N5O5. The first-order valence-corrected chi connectivity index (χ1v) is 11.6. The first-order valence-electron chi connectivity index (χ1n) is 11.6. The molecule has 1 N–H and O–H groups in total. The molecular weight excluding hydrogens is 462 g/mol. The summed E-state index contributed by atoms with van der Waals surface area (Å²) in [6.45, 7) is 3.79. The van der Waals surface area contributed by atoms with E-state index in [-0.39, 0.29) is 18.4 Å². The number of amides is 2. The summed E-state index contributed by atoms with van der Waals surface area (Å²) in [6.07, 6.45) is 0. The number of hydrogen-bond acceptors (Lipinski definition) is 8. The van der Waals surface area contributed by atoms with Crippen molar-refractivity contribution < 1.29 is 23.8 Å². The molecule has 1 saturated heterocycles. The van der Waals surface area contributed by atoms with E-state index in [2.05, 4.69) is 20.4 Å². The number of aromatic nitrogens is 2. The Bertz CT molecular complexity index is 1210. The molecule has 2 amide bonds. The van der Waals surface area contributed by atoms with Gasteiger partial charge in [0.05, 0.1) is 19.9 Å². The number of carbonyl (C=O) groups excluding carboxylic acids is 2. The van der Waals surface area contributed by atoms with Crippen molar-refractivity contribution in [2.75, 3.05) is 57.2 Å². The molecule has 2 heterocycles. The summed E-state index contributed by atoms with van der Waals surface area (Å²) in [5.41, 5.74) is 2.23. The van der Waals surface area contributed by atoms with Crippen molar-refractivity contribution >= 4 is 23.3 Å². The number of benzene rings is 2. The van der Waals surface area contributed by atoms with Crippen LogP contribution in [0.4, 0.5) is 11.5 Å². The maximum absolute atomic E-state index is 12.6. The van der Waals surface area contributed by atoms with Gasteiger partial charge in [-0.1, -0.05) is 6.07 Å². The number of methoxy groups -OCH3 is 2. The molecule has 0 radical (unpaired) electrons. The number of nitrogens with one attached hydrogen (secondary N) is 1. The van der Waals surface area contributed by atoms with Crippen LogP contribution >= 0.6 is 0 Å². The van der Waals surface area contributed by atoms with Crippen LogP contribution < -0.4 is 24.4 Å². The molecule has 4 rings (SSSR count). The molecule has 0 saturated carbocycles. The summed E-state index contributed by atoms with van der Waals surface area (Å²) in [7, 11) is 3.19. The maximum Gasteiger partial charge on any atom is 0.260 e. The van der Waals surface area contributed by atoms with Crippen molar-refractivity contribution in [1.82, 2.24) is 15.1 Å². The summed E-state index contributed by atoms with van der Waals surface area (Å²) in [5.74, 6) is 2.32. The fourth-order valence-electron chi connectivity index (χ4n) is 3.93. The molecule has 1 fully saturated rings. The molecule has 2 aromatic carbocycles. The molecule has 0 aliphatic carbocycles. The highest BCUT2D eigenvalue weighted by atomic mass is 16.5. The van der Waals surface area contributed by atoms with E-state index in [1.807, 2.05) is 30.3 Å². The van der Waals surface area contributed by atoms with Crippen molar-refractivity contribution in [3.05, 3.63) is 54.6 Å². The van der Waals surface area contributed by atoms with Gasteiger partial charge in [0.1, 0.15) is 5.75 Å². The Labute approximate surface area is 209 Å². The van der Waals surface area contributed by atoms with Gasteiger partial charge in [-0.2, -0.15) is 0 Å². The van der Waals surface area contributed by atoms with E-state index in [4.69, 9.17) is 14.2 Å².